The van der Waals surface area contributed by atoms with E-state index in [-0.39, 0.29) is 0 Å². The molecule has 0 bridgehead atoms. The van der Waals surface area contributed by atoms with Gasteiger partial charge in [0.2, 0.25) is 0 Å². The molecule has 0 saturated heterocycles. The summed E-state index contributed by atoms with van der Waals surface area (Å²) in [6.45, 7) is 17.6. The molecule has 310 valence electrons. The van der Waals surface area contributed by atoms with Crippen molar-refractivity contribution in [2.45, 2.75) is 55.4 Å². The quantitative estimate of drug-likeness (QED) is 0.129. The van der Waals surface area contributed by atoms with Crippen LogP contribution in [0.5, 0.6) is 11.5 Å². The molecule has 7 aromatic carbocycles. The highest BCUT2D eigenvalue weighted by Crippen LogP contribution is 2.47. The monoisotopic (exact) mass is 815 g/mol. The van der Waals surface area contributed by atoms with Crippen LogP contribution in [-0.2, 0) is 0 Å². The van der Waals surface area contributed by atoms with Crippen LogP contribution in [0, 0.1) is 55.4 Å². The van der Waals surface area contributed by atoms with E-state index in [2.05, 4.69) is 162 Å². The summed E-state index contributed by atoms with van der Waals surface area (Å²) in [4.78, 5) is 20.7. The van der Waals surface area contributed by atoms with Crippen LogP contribution in [-0.4, -0.2) is 29.2 Å². The average molecular weight is 816 g/mol. The average Bonchev–Trinajstić information content (AvgIpc) is 3.31. The smallest absolute Gasteiger partial charge is 0.164 e. The molecule has 62 heavy (non-hydrogen) atoms. The van der Waals surface area contributed by atoms with Crippen molar-refractivity contribution in [3.8, 4) is 45.7 Å². The van der Waals surface area contributed by atoms with E-state index in [4.69, 9.17) is 24.4 Å². The summed E-state index contributed by atoms with van der Waals surface area (Å²) in [5.41, 5.74) is 18.5. The van der Waals surface area contributed by atoms with E-state index in [1.54, 1.807) is 14.2 Å². The van der Waals surface area contributed by atoms with Crippen molar-refractivity contribution >= 4 is 34.1 Å². The standard InChI is InChI=1S/C55H53N5O2/c1-34-38(5)51(59(43-22-16-12-17-23-43)45-26-30-47(61-9)31-27-45)39(6)35(2)49(34)54-56-53(42-20-14-11-15-21-42)57-55(58-54)50-36(3)40(7)52(41(8)37(50)4)60(44-24-18-13-19-25-44)46-28-32-48(62-10)33-29-46/h11-33H,1-10H3. The van der Waals surface area contributed by atoms with Gasteiger partial charge < -0.3 is 19.3 Å². The Morgan fingerprint density at radius 2 is 0.613 bits per heavy atom. The third kappa shape index (κ3) is 7.55. The molecule has 0 aliphatic heterocycles. The normalized spacial score (nSPS) is 11.1. The van der Waals surface area contributed by atoms with Gasteiger partial charge in [-0.15, -0.1) is 0 Å². The summed E-state index contributed by atoms with van der Waals surface area (Å²) < 4.78 is 11.1. The predicted molar refractivity (Wildman–Crippen MR) is 257 cm³/mol. The van der Waals surface area contributed by atoms with Crippen molar-refractivity contribution in [3.63, 3.8) is 0 Å². The van der Waals surface area contributed by atoms with Crippen LogP contribution in [0.15, 0.2) is 140 Å². The van der Waals surface area contributed by atoms with Crippen LogP contribution in [0.3, 0.4) is 0 Å². The highest BCUT2D eigenvalue weighted by molar-refractivity contribution is 5.88. The first-order chi connectivity index (χ1) is 30.0. The van der Waals surface area contributed by atoms with Gasteiger partial charge in [0, 0.05) is 39.4 Å². The molecule has 0 N–H and O–H groups in total. The van der Waals surface area contributed by atoms with Crippen molar-refractivity contribution in [3.05, 3.63) is 184 Å². The minimum Gasteiger partial charge on any atom is -0.497 e. The molecule has 0 fully saturated rings. The van der Waals surface area contributed by atoms with Crippen LogP contribution in [0.2, 0.25) is 0 Å². The van der Waals surface area contributed by atoms with Crippen molar-refractivity contribution in [1.29, 1.82) is 0 Å². The topological polar surface area (TPSA) is 63.6 Å². The maximum Gasteiger partial charge on any atom is 0.164 e. The summed E-state index contributed by atoms with van der Waals surface area (Å²) in [6.07, 6.45) is 0. The van der Waals surface area contributed by atoms with E-state index in [0.717, 1.165) is 107 Å². The van der Waals surface area contributed by atoms with Crippen LogP contribution in [0.4, 0.5) is 34.1 Å². The molecule has 0 atom stereocenters. The number of aromatic nitrogens is 3. The Morgan fingerprint density at radius 3 is 0.935 bits per heavy atom. The molecule has 0 amide bonds. The lowest BCUT2D eigenvalue weighted by atomic mass is 9.89. The van der Waals surface area contributed by atoms with Crippen LogP contribution >= 0.6 is 0 Å². The molecule has 0 aliphatic rings. The second kappa shape index (κ2) is 17.4. The van der Waals surface area contributed by atoms with Gasteiger partial charge in [-0.25, -0.2) is 15.0 Å². The molecule has 0 radical (unpaired) electrons. The number of para-hydroxylation sites is 2. The van der Waals surface area contributed by atoms with Gasteiger partial charge in [-0.05, 0) is 173 Å². The zero-order chi connectivity index (χ0) is 43.7. The van der Waals surface area contributed by atoms with Crippen LogP contribution < -0.4 is 19.3 Å². The number of benzene rings is 7. The summed E-state index contributed by atoms with van der Waals surface area (Å²) in [5.74, 6) is 3.57. The van der Waals surface area contributed by atoms with Crippen LogP contribution in [0.25, 0.3) is 34.2 Å². The van der Waals surface area contributed by atoms with Crippen LogP contribution in [0.1, 0.15) is 44.5 Å². The van der Waals surface area contributed by atoms with Gasteiger partial charge in [0.25, 0.3) is 0 Å². The highest BCUT2D eigenvalue weighted by atomic mass is 16.5. The number of rotatable bonds is 11. The van der Waals surface area contributed by atoms with Gasteiger partial charge in [-0.1, -0.05) is 66.7 Å². The number of nitrogens with zero attached hydrogens (tertiary/aromatic N) is 5. The summed E-state index contributed by atoms with van der Waals surface area (Å²) in [6, 6.07) is 47.8. The summed E-state index contributed by atoms with van der Waals surface area (Å²) >= 11 is 0. The molecular weight excluding hydrogens is 763 g/mol. The van der Waals surface area contributed by atoms with E-state index in [9.17, 15) is 0 Å². The van der Waals surface area contributed by atoms with Crippen molar-refractivity contribution in [1.82, 2.24) is 15.0 Å². The van der Waals surface area contributed by atoms with E-state index < -0.39 is 0 Å². The van der Waals surface area contributed by atoms with E-state index in [0.29, 0.717) is 17.5 Å². The fourth-order valence-corrected chi connectivity index (χ4v) is 8.67. The first kappa shape index (κ1) is 41.5. The maximum atomic E-state index is 5.54. The molecule has 8 rings (SSSR count). The van der Waals surface area contributed by atoms with Gasteiger partial charge in [0.1, 0.15) is 11.5 Å². The number of anilines is 6. The van der Waals surface area contributed by atoms with Gasteiger partial charge in [-0.3, -0.25) is 0 Å². The molecule has 1 aromatic heterocycles. The molecule has 1 heterocycles. The number of ether oxygens (including phenoxy) is 2. The second-order valence-electron chi connectivity index (χ2n) is 15.9. The number of methoxy groups -OCH3 is 2. The zero-order valence-corrected chi connectivity index (χ0v) is 37.3. The summed E-state index contributed by atoms with van der Waals surface area (Å²) in [5, 5.41) is 0. The van der Waals surface area contributed by atoms with Crippen molar-refractivity contribution < 1.29 is 9.47 Å². The molecule has 0 spiro atoms. The Hall–Kier alpha value is -7.25. The fraction of sp³-hybridized carbons (Fsp3) is 0.182. The zero-order valence-electron chi connectivity index (χ0n) is 37.3. The van der Waals surface area contributed by atoms with Gasteiger partial charge >= 0.3 is 0 Å². The maximum absolute atomic E-state index is 5.54. The predicted octanol–water partition coefficient (Wildman–Crippen LogP) is 14.3. The molecular formula is C55H53N5O2. The van der Waals surface area contributed by atoms with Gasteiger partial charge in [0.15, 0.2) is 17.5 Å². The lowest BCUT2D eigenvalue weighted by molar-refractivity contribution is 0.414. The Labute approximate surface area is 366 Å². The van der Waals surface area contributed by atoms with E-state index in [1.807, 2.05) is 42.5 Å². The lowest BCUT2D eigenvalue weighted by Crippen LogP contribution is -2.16. The van der Waals surface area contributed by atoms with Crippen molar-refractivity contribution in [2.24, 2.45) is 0 Å². The van der Waals surface area contributed by atoms with Crippen molar-refractivity contribution in [2.75, 3.05) is 24.0 Å². The molecule has 7 nitrogen and oxygen atoms in total. The molecule has 0 saturated carbocycles. The SMILES string of the molecule is COc1ccc(N(c2ccccc2)c2c(C)c(C)c(-c3nc(-c4ccccc4)nc(-c4c(C)c(C)c(N(c5ccccc5)c5ccc(OC)cc5)c(C)c4C)n3)c(C)c2C)cc1. The number of hydrogen-bond acceptors (Lipinski definition) is 7. The third-order valence-electron chi connectivity index (χ3n) is 12.4. The Morgan fingerprint density at radius 1 is 0.323 bits per heavy atom. The van der Waals surface area contributed by atoms with Gasteiger partial charge in [-0.2, -0.15) is 0 Å². The lowest BCUT2D eigenvalue weighted by Gasteiger charge is -2.32. The van der Waals surface area contributed by atoms with Gasteiger partial charge in [0.05, 0.1) is 25.6 Å². The molecule has 0 unspecified atom stereocenters. The molecule has 7 heteroatoms. The molecule has 8 aromatic rings. The Balaban J connectivity index is 1.34. The minimum absolute atomic E-state index is 0.634. The number of hydrogen-bond donors (Lipinski definition) is 0. The first-order valence-electron chi connectivity index (χ1n) is 21.0. The van der Waals surface area contributed by atoms with E-state index >= 15 is 0 Å². The Bertz CT molecular complexity index is 2640. The largest absolute Gasteiger partial charge is 0.497 e. The summed E-state index contributed by atoms with van der Waals surface area (Å²) in [7, 11) is 3.39. The first-order valence-corrected chi connectivity index (χ1v) is 21.0. The second-order valence-corrected chi connectivity index (χ2v) is 15.9. The fourth-order valence-electron chi connectivity index (χ4n) is 8.67. The minimum atomic E-state index is 0.634. The highest BCUT2D eigenvalue weighted by Gasteiger charge is 2.28. The molecule has 0 aliphatic carbocycles. The Kier molecular flexibility index (Phi) is 11.6. The van der Waals surface area contributed by atoms with E-state index in [1.165, 1.54) is 0 Å². The third-order valence-corrected chi connectivity index (χ3v) is 12.4.